The van der Waals surface area contributed by atoms with Crippen LogP contribution in [0.3, 0.4) is 0 Å². The smallest absolute Gasteiger partial charge is 0.306 e. The van der Waals surface area contributed by atoms with Crippen molar-refractivity contribution in [2.75, 3.05) is 6.61 Å². The molecule has 0 fully saturated rings. The predicted octanol–water partition coefficient (Wildman–Crippen LogP) is 2.95. The normalized spacial score (nSPS) is 10.1. The molecule has 0 aliphatic carbocycles. The van der Waals surface area contributed by atoms with Gasteiger partial charge in [-0.1, -0.05) is 31.9 Å². The molecule has 1 aromatic rings. The Morgan fingerprint density at radius 2 is 1.81 bits per heavy atom. The summed E-state index contributed by atoms with van der Waals surface area (Å²) in [6, 6.07) is 6.48. The largest absolute Gasteiger partial charge is 0.508 e. The lowest BCUT2D eigenvalue weighted by atomic mass is 10.2. The molecule has 1 rings (SSSR count). The number of benzene rings is 1. The van der Waals surface area contributed by atoms with Gasteiger partial charge in [0, 0.05) is 0 Å². The number of rotatable bonds is 9. The zero-order chi connectivity index (χ0) is 15.5. The van der Waals surface area contributed by atoms with E-state index < -0.39 is 5.97 Å². The van der Waals surface area contributed by atoms with E-state index in [0.717, 1.165) is 19.3 Å². The van der Waals surface area contributed by atoms with Crippen LogP contribution >= 0.6 is 0 Å². The van der Waals surface area contributed by atoms with Gasteiger partial charge in [0.25, 0.3) is 0 Å². The molecule has 1 N–H and O–H groups in total. The Kier molecular flexibility index (Phi) is 7.94. The lowest BCUT2D eigenvalue weighted by Gasteiger charge is -2.06. The third-order valence-corrected chi connectivity index (χ3v) is 2.85. The second-order valence-corrected chi connectivity index (χ2v) is 4.76. The van der Waals surface area contributed by atoms with Crippen molar-refractivity contribution in [3.8, 4) is 5.75 Å². The van der Waals surface area contributed by atoms with E-state index in [1.165, 1.54) is 6.07 Å². The molecular formula is C16H22O5. The molecule has 0 atom stereocenters. The van der Waals surface area contributed by atoms with E-state index in [1.54, 1.807) is 18.2 Å². The van der Waals surface area contributed by atoms with Crippen LogP contribution in [0, 0.1) is 0 Å². The first-order valence-electron chi connectivity index (χ1n) is 7.21. The molecule has 116 valence electrons. The maximum Gasteiger partial charge on any atom is 0.306 e. The lowest BCUT2D eigenvalue weighted by Crippen LogP contribution is -2.11. The molecule has 0 radical (unpaired) electrons. The van der Waals surface area contributed by atoms with Crippen molar-refractivity contribution < 1.29 is 24.2 Å². The highest BCUT2D eigenvalue weighted by Gasteiger charge is 2.09. The third kappa shape index (κ3) is 7.97. The number of hydrogen-bond acceptors (Lipinski definition) is 5. The summed E-state index contributed by atoms with van der Waals surface area (Å²) in [6.45, 7) is 2.56. The Bertz CT molecular complexity index is 456. The Morgan fingerprint density at radius 1 is 1.10 bits per heavy atom. The number of ether oxygens (including phenoxy) is 2. The van der Waals surface area contributed by atoms with Crippen LogP contribution in [0.2, 0.25) is 0 Å². The molecule has 21 heavy (non-hydrogen) atoms. The Labute approximate surface area is 124 Å². The van der Waals surface area contributed by atoms with E-state index in [4.69, 9.17) is 9.47 Å². The van der Waals surface area contributed by atoms with Gasteiger partial charge in [0.15, 0.2) is 0 Å². The summed E-state index contributed by atoms with van der Waals surface area (Å²) < 4.78 is 10.0. The van der Waals surface area contributed by atoms with Gasteiger partial charge in [-0.25, -0.2) is 0 Å². The first-order chi connectivity index (χ1) is 10.1. The number of phenols is 1. The van der Waals surface area contributed by atoms with Crippen molar-refractivity contribution in [3.63, 3.8) is 0 Å². The predicted molar refractivity (Wildman–Crippen MR) is 77.6 cm³/mol. The summed E-state index contributed by atoms with van der Waals surface area (Å²) in [6.07, 6.45) is 2.98. The molecule has 0 aliphatic heterocycles. The summed E-state index contributed by atoms with van der Waals surface area (Å²) in [5, 5.41) is 9.27. The minimum Gasteiger partial charge on any atom is -0.508 e. The average Bonchev–Trinajstić information content (AvgIpc) is 2.47. The number of aromatic hydroxyl groups is 1. The summed E-state index contributed by atoms with van der Waals surface area (Å²) in [5.41, 5.74) is 0.700. The molecule has 0 amide bonds. The summed E-state index contributed by atoms with van der Waals surface area (Å²) in [4.78, 5) is 22.9. The minimum absolute atomic E-state index is 0.00538. The van der Waals surface area contributed by atoms with E-state index in [2.05, 4.69) is 6.92 Å². The van der Waals surface area contributed by atoms with Gasteiger partial charge >= 0.3 is 11.9 Å². The van der Waals surface area contributed by atoms with E-state index >= 15 is 0 Å². The van der Waals surface area contributed by atoms with E-state index in [1.807, 2.05) is 0 Å². The van der Waals surface area contributed by atoms with Crippen molar-refractivity contribution in [2.45, 2.75) is 45.6 Å². The van der Waals surface area contributed by atoms with Gasteiger partial charge in [0.2, 0.25) is 0 Å². The third-order valence-electron chi connectivity index (χ3n) is 2.85. The molecule has 0 saturated heterocycles. The van der Waals surface area contributed by atoms with Crippen molar-refractivity contribution in [3.05, 3.63) is 29.8 Å². The van der Waals surface area contributed by atoms with Crippen LogP contribution in [-0.2, 0) is 25.7 Å². The Balaban J connectivity index is 2.15. The number of carbonyl (C=O) groups excluding carboxylic acids is 2. The fourth-order valence-corrected chi connectivity index (χ4v) is 1.70. The van der Waals surface area contributed by atoms with Gasteiger partial charge < -0.3 is 14.6 Å². The first kappa shape index (κ1) is 17.0. The fraction of sp³-hybridized carbons (Fsp3) is 0.500. The second-order valence-electron chi connectivity index (χ2n) is 4.76. The van der Waals surface area contributed by atoms with Crippen LogP contribution in [-0.4, -0.2) is 23.7 Å². The van der Waals surface area contributed by atoms with Crippen molar-refractivity contribution in [1.29, 1.82) is 0 Å². The fourth-order valence-electron chi connectivity index (χ4n) is 1.70. The molecule has 0 aromatic heterocycles. The van der Waals surface area contributed by atoms with Gasteiger partial charge in [-0.2, -0.15) is 0 Å². The lowest BCUT2D eigenvalue weighted by molar-refractivity contribution is -0.151. The topological polar surface area (TPSA) is 72.8 Å². The van der Waals surface area contributed by atoms with Gasteiger partial charge in [0.05, 0.1) is 19.4 Å². The van der Waals surface area contributed by atoms with E-state index in [-0.39, 0.29) is 31.2 Å². The first-order valence-corrected chi connectivity index (χ1v) is 7.21. The minimum atomic E-state index is -0.455. The number of hydrogen-bond donors (Lipinski definition) is 1. The monoisotopic (exact) mass is 294 g/mol. The molecule has 0 aliphatic rings. The molecule has 0 bridgehead atoms. The highest BCUT2D eigenvalue weighted by molar-refractivity contribution is 5.77. The second kappa shape index (κ2) is 9.80. The van der Waals surface area contributed by atoms with Crippen LogP contribution < -0.4 is 0 Å². The average molecular weight is 294 g/mol. The number of carbonyl (C=O) groups is 2. The summed E-state index contributed by atoms with van der Waals surface area (Å²) in [5.74, 6) is -0.705. The van der Waals surface area contributed by atoms with Crippen LogP contribution in [0.4, 0.5) is 0 Å². The molecule has 0 spiro atoms. The number of phenolic OH excluding ortho intramolecular Hbond substituents is 1. The zero-order valence-electron chi connectivity index (χ0n) is 12.3. The van der Waals surface area contributed by atoms with Crippen LogP contribution in [0.15, 0.2) is 24.3 Å². The van der Waals surface area contributed by atoms with Gasteiger partial charge in [0.1, 0.15) is 12.4 Å². The molecule has 0 unspecified atom stereocenters. The van der Waals surface area contributed by atoms with Crippen LogP contribution in [0.25, 0.3) is 0 Å². The molecule has 0 heterocycles. The number of esters is 2. The highest BCUT2D eigenvalue weighted by Crippen LogP contribution is 2.12. The maximum atomic E-state index is 11.5. The van der Waals surface area contributed by atoms with Gasteiger partial charge in [-0.15, -0.1) is 0 Å². The Hall–Kier alpha value is -2.04. The molecule has 0 saturated carbocycles. The standard InChI is InChI=1S/C16H22O5/c1-2-3-4-10-20-15(18)8-9-16(19)21-12-13-6-5-7-14(17)11-13/h5-7,11,17H,2-4,8-10,12H2,1H3. The molecule has 1 aromatic carbocycles. The van der Waals surface area contributed by atoms with Gasteiger partial charge in [-0.05, 0) is 24.1 Å². The van der Waals surface area contributed by atoms with Crippen molar-refractivity contribution in [2.24, 2.45) is 0 Å². The summed E-state index contributed by atoms with van der Waals surface area (Å²) in [7, 11) is 0. The number of unbranched alkanes of at least 4 members (excludes halogenated alkanes) is 2. The van der Waals surface area contributed by atoms with Gasteiger partial charge in [-0.3, -0.25) is 9.59 Å². The van der Waals surface area contributed by atoms with Crippen molar-refractivity contribution in [1.82, 2.24) is 0 Å². The van der Waals surface area contributed by atoms with Crippen LogP contribution in [0.1, 0.15) is 44.6 Å². The highest BCUT2D eigenvalue weighted by atomic mass is 16.5. The molecular weight excluding hydrogens is 272 g/mol. The quantitative estimate of drug-likeness (QED) is 0.560. The van der Waals surface area contributed by atoms with E-state index in [9.17, 15) is 14.7 Å². The van der Waals surface area contributed by atoms with Crippen LogP contribution in [0.5, 0.6) is 5.75 Å². The molecule has 5 heteroatoms. The zero-order valence-corrected chi connectivity index (χ0v) is 12.3. The van der Waals surface area contributed by atoms with E-state index in [0.29, 0.717) is 12.2 Å². The Morgan fingerprint density at radius 3 is 2.48 bits per heavy atom. The summed E-state index contributed by atoms with van der Waals surface area (Å²) >= 11 is 0. The maximum absolute atomic E-state index is 11.5. The SMILES string of the molecule is CCCCCOC(=O)CCC(=O)OCc1cccc(O)c1. The van der Waals surface area contributed by atoms with Crippen molar-refractivity contribution >= 4 is 11.9 Å². The molecule has 5 nitrogen and oxygen atoms in total.